The van der Waals surface area contributed by atoms with Gasteiger partial charge in [0.1, 0.15) is 5.67 Å². The van der Waals surface area contributed by atoms with Crippen LogP contribution in [0.25, 0.3) is 0 Å². The Hall–Kier alpha value is -1.63. The first kappa shape index (κ1) is 20.6. The van der Waals surface area contributed by atoms with Gasteiger partial charge in [0, 0.05) is 41.2 Å². The van der Waals surface area contributed by atoms with Crippen molar-refractivity contribution in [1.29, 1.82) is 0 Å². The van der Waals surface area contributed by atoms with Crippen molar-refractivity contribution in [3.63, 3.8) is 0 Å². The van der Waals surface area contributed by atoms with Crippen LogP contribution >= 0.6 is 23.5 Å². The fourth-order valence-electron chi connectivity index (χ4n) is 4.38. The summed E-state index contributed by atoms with van der Waals surface area (Å²) in [6.07, 6.45) is 4.10. The normalized spacial score (nSPS) is 20.7. The highest BCUT2D eigenvalue weighted by molar-refractivity contribution is 7.96. The smallest absolute Gasteiger partial charge is 0.259 e. The average Bonchev–Trinajstić information content (AvgIpc) is 2.89. The number of piperidine rings is 1. The molecule has 0 N–H and O–H groups in total. The minimum Gasteiger partial charge on any atom is -0.297 e. The van der Waals surface area contributed by atoms with Gasteiger partial charge >= 0.3 is 0 Å². The van der Waals surface area contributed by atoms with E-state index in [0.717, 1.165) is 11.3 Å². The number of rotatable bonds is 4. The molecule has 154 valence electrons. The van der Waals surface area contributed by atoms with Gasteiger partial charge in [0.2, 0.25) is 0 Å². The maximum absolute atomic E-state index is 15.8. The van der Waals surface area contributed by atoms with Crippen LogP contribution in [0.15, 0.2) is 36.7 Å². The summed E-state index contributed by atoms with van der Waals surface area (Å²) in [7, 11) is 0. The van der Waals surface area contributed by atoms with E-state index in [1.807, 2.05) is 19.9 Å². The number of benzene rings is 1. The minimum absolute atomic E-state index is 0.109. The lowest BCUT2D eigenvalue weighted by atomic mass is 9.87. The molecule has 2 aliphatic rings. The number of fused-ring (bicyclic) bond motifs is 1. The molecule has 1 aromatic carbocycles. The number of amides is 1. The number of nitrogens with zero attached hydrogens (tertiary/aromatic N) is 3. The fraction of sp³-hybridized carbons (Fsp3) is 0.455. The standard InChI is InChI=1S/C22H25ClFN3OS/c1-4-29-26-9-7-22(24,8-10-26)15-11-17(14-25-13-15)27-20(28)18-6-5-16(23)12-19(18)21(27,2)3/h5-6,11-14H,4,7-10H2,1-3H3. The van der Waals surface area contributed by atoms with Gasteiger partial charge in [-0.05, 0) is 56.5 Å². The van der Waals surface area contributed by atoms with Crippen LogP contribution in [-0.4, -0.2) is 34.0 Å². The van der Waals surface area contributed by atoms with E-state index in [2.05, 4.69) is 16.2 Å². The molecule has 0 atom stereocenters. The van der Waals surface area contributed by atoms with Crippen LogP contribution in [-0.2, 0) is 11.2 Å². The van der Waals surface area contributed by atoms with Crippen LogP contribution in [0.4, 0.5) is 10.1 Å². The monoisotopic (exact) mass is 433 g/mol. The lowest BCUT2D eigenvalue weighted by Crippen LogP contribution is -2.40. The molecule has 2 aliphatic heterocycles. The van der Waals surface area contributed by atoms with Crippen LogP contribution in [0.3, 0.4) is 0 Å². The van der Waals surface area contributed by atoms with E-state index in [1.165, 1.54) is 0 Å². The first-order chi connectivity index (χ1) is 13.8. The Bertz CT molecular complexity index is 943. The fourth-order valence-corrected chi connectivity index (χ4v) is 5.36. The van der Waals surface area contributed by atoms with Crippen LogP contribution < -0.4 is 4.90 Å². The first-order valence-electron chi connectivity index (χ1n) is 9.93. The van der Waals surface area contributed by atoms with Gasteiger partial charge in [0.15, 0.2) is 0 Å². The highest BCUT2D eigenvalue weighted by Crippen LogP contribution is 2.44. The van der Waals surface area contributed by atoms with E-state index < -0.39 is 11.2 Å². The second kappa shape index (κ2) is 7.56. The molecular weight excluding hydrogens is 409 g/mol. The predicted octanol–water partition coefficient (Wildman–Crippen LogP) is 5.56. The number of carbonyl (C=O) groups excluding carboxylic acids is 1. The van der Waals surface area contributed by atoms with E-state index in [4.69, 9.17) is 11.6 Å². The Morgan fingerprint density at radius 2 is 1.93 bits per heavy atom. The number of carbonyl (C=O) groups is 1. The van der Waals surface area contributed by atoms with Gasteiger partial charge in [0.05, 0.1) is 17.4 Å². The number of halogens is 2. The summed E-state index contributed by atoms with van der Waals surface area (Å²) >= 11 is 7.93. The summed E-state index contributed by atoms with van der Waals surface area (Å²) in [5.41, 5.74) is 0.657. The predicted molar refractivity (Wildman–Crippen MR) is 117 cm³/mol. The second-order valence-corrected chi connectivity index (χ2v) is 9.92. The largest absolute Gasteiger partial charge is 0.297 e. The quantitative estimate of drug-likeness (QED) is 0.591. The molecule has 29 heavy (non-hydrogen) atoms. The molecule has 0 unspecified atom stereocenters. The molecule has 1 aromatic heterocycles. The number of pyridine rings is 1. The van der Waals surface area contributed by atoms with E-state index >= 15 is 4.39 Å². The van der Waals surface area contributed by atoms with E-state index in [-0.39, 0.29) is 5.91 Å². The highest BCUT2D eigenvalue weighted by Gasteiger charge is 2.45. The Balaban J connectivity index is 1.65. The summed E-state index contributed by atoms with van der Waals surface area (Å²) in [6.45, 7) is 7.47. The van der Waals surface area contributed by atoms with Gasteiger partial charge in [-0.25, -0.2) is 4.39 Å². The Kier molecular flexibility index (Phi) is 5.38. The Morgan fingerprint density at radius 1 is 1.21 bits per heavy atom. The van der Waals surface area contributed by atoms with Crippen molar-refractivity contribution < 1.29 is 9.18 Å². The molecule has 4 nitrogen and oxygen atoms in total. The maximum atomic E-state index is 15.8. The van der Waals surface area contributed by atoms with Crippen molar-refractivity contribution in [2.24, 2.45) is 0 Å². The van der Waals surface area contributed by atoms with Gasteiger partial charge in [-0.3, -0.25) is 19.0 Å². The van der Waals surface area contributed by atoms with Crippen molar-refractivity contribution in [2.75, 3.05) is 23.7 Å². The van der Waals surface area contributed by atoms with E-state index in [0.29, 0.717) is 47.8 Å². The minimum atomic E-state index is -1.42. The molecule has 1 fully saturated rings. The zero-order valence-electron chi connectivity index (χ0n) is 16.9. The topological polar surface area (TPSA) is 36.4 Å². The third kappa shape index (κ3) is 3.56. The van der Waals surface area contributed by atoms with Crippen molar-refractivity contribution in [1.82, 2.24) is 9.29 Å². The Morgan fingerprint density at radius 3 is 2.62 bits per heavy atom. The van der Waals surface area contributed by atoms with Crippen molar-refractivity contribution in [3.8, 4) is 0 Å². The van der Waals surface area contributed by atoms with Crippen LogP contribution in [0, 0.1) is 0 Å². The molecule has 0 saturated carbocycles. The lowest BCUT2D eigenvalue weighted by Gasteiger charge is -2.37. The maximum Gasteiger partial charge on any atom is 0.259 e. The summed E-state index contributed by atoms with van der Waals surface area (Å²) < 4.78 is 18.0. The number of aromatic nitrogens is 1. The summed E-state index contributed by atoms with van der Waals surface area (Å²) in [5.74, 6) is 0.884. The number of hydrogen-bond acceptors (Lipinski definition) is 4. The number of alkyl halides is 1. The van der Waals surface area contributed by atoms with Crippen LogP contribution in [0.1, 0.15) is 55.1 Å². The molecule has 1 saturated heterocycles. The number of hydrogen-bond donors (Lipinski definition) is 0. The molecule has 0 bridgehead atoms. The Labute approximate surface area is 180 Å². The second-order valence-electron chi connectivity index (χ2n) is 8.13. The first-order valence-corrected chi connectivity index (χ1v) is 11.3. The highest BCUT2D eigenvalue weighted by atomic mass is 35.5. The van der Waals surface area contributed by atoms with Gasteiger partial charge < -0.3 is 0 Å². The zero-order valence-corrected chi connectivity index (χ0v) is 18.5. The summed E-state index contributed by atoms with van der Waals surface area (Å²) in [4.78, 5) is 19.2. The third-order valence-electron chi connectivity index (χ3n) is 5.96. The number of anilines is 1. The molecular formula is C22H25ClFN3OS. The molecule has 0 spiro atoms. The van der Waals surface area contributed by atoms with E-state index in [9.17, 15) is 4.79 Å². The van der Waals surface area contributed by atoms with Crippen molar-refractivity contribution >= 4 is 35.1 Å². The molecule has 2 aromatic rings. The van der Waals surface area contributed by atoms with Gasteiger partial charge in [0.25, 0.3) is 5.91 Å². The third-order valence-corrected chi connectivity index (χ3v) is 7.18. The van der Waals surface area contributed by atoms with E-state index in [1.54, 1.807) is 47.4 Å². The lowest BCUT2D eigenvalue weighted by molar-refractivity contribution is 0.0898. The van der Waals surface area contributed by atoms with Crippen molar-refractivity contribution in [2.45, 2.75) is 44.8 Å². The van der Waals surface area contributed by atoms with Gasteiger partial charge in [-0.1, -0.05) is 30.5 Å². The molecule has 7 heteroatoms. The molecule has 0 radical (unpaired) electrons. The average molecular weight is 434 g/mol. The van der Waals surface area contributed by atoms with Crippen LogP contribution in [0.2, 0.25) is 5.02 Å². The van der Waals surface area contributed by atoms with Crippen molar-refractivity contribution in [3.05, 3.63) is 58.4 Å². The van der Waals surface area contributed by atoms with Gasteiger partial charge in [-0.15, -0.1) is 0 Å². The van der Waals surface area contributed by atoms with Gasteiger partial charge in [-0.2, -0.15) is 0 Å². The molecule has 3 heterocycles. The summed E-state index contributed by atoms with van der Waals surface area (Å²) in [6, 6.07) is 7.12. The van der Waals surface area contributed by atoms with Crippen LogP contribution in [0.5, 0.6) is 0 Å². The molecule has 1 amide bonds. The summed E-state index contributed by atoms with van der Waals surface area (Å²) in [5, 5.41) is 0.595. The molecule has 4 rings (SSSR count). The SMILES string of the molecule is CCSN1CCC(F)(c2cncc(N3C(=O)c4ccc(Cl)cc4C3(C)C)c2)CC1. The zero-order chi connectivity index (χ0) is 20.8. The molecule has 0 aliphatic carbocycles.